The molecule has 3 heterocycles. The molecule has 5 nitrogen and oxygen atoms in total. The lowest BCUT2D eigenvalue weighted by Crippen LogP contribution is -2.31. The molecule has 0 aliphatic carbocycles. The second-order valence-electron chi connectivity index (χ2n) is 5.47. The quantitative estimate of drug-likeness (QED) is 0.928. The summed E-state index contributed by atoms with van der Waals surface area (Å²) >= 11 is 0. The van der Waals surface area contributed by atoms with E-state index in [0.29, 0.717) is 5.92 Å². The minimum atomic E-state index is 0.639. The molecular formula is C15H20N4O. The summed E-state index contributed by atoms with van der Waals surface area (Å²) in [7, 11) is 0. The number of nitrogens with one attached hydrogen (secondary N) is 1. The van der Waals surface area contributed by atoms with E-state index in [0.717, 1.165) is 47.9 Å². The summed E-state index contributed by atoms with van der Waals surface area (Å²) in [5, 5.41) is 7.48. The maximum Gasteiger partial charge on any atom is 0.143 e. The average Bonchev–Trinajstić information content (AvgIpc) is 2.80. The molecule has 1 fully saturated rings. The number of piperidine rings is 1. The lowest BCUT2D eigenvalue weighted by molar-refractivity contribution is 0.373. The molecule has 5 heteroatoms. The van der Waals surface area contributed by atoms with Gasteiger partial charge in [0.15, 0.2) is 0 Å². The molecule has 20 heavy (non-hydrogen) atoms. The highest BCUT2D eigenvalue weighted by molar-refractivity contribution is 5.65. The molecule has 1 aliphatic rings. The number of hydrogen-bond donors (Lipinski definition) is 1. The van der Waals surface area contributed by atoms with Gasteiger partial charge in [0, 0.05) is 12.4 Å². The SMILES string of the molecule is Cc1noc(C)c1-c1nccnc1C[C@@H]1CCCNC1. The summed E-state index contributed by atoms with van der Waals surface area (Å²) in [6.07, 6.45) is 6.97. The van der Waals surface area contributed by atoms with Crippen LogP contribution in [0.3, 0.4) is 0 Å². The molecule has 1 N–H and O–H groups in total. The zero-order chi connectivity index (χ0) is 13.9. The molecule has 0 unspecified atom stereocenters. The zero-order valence-corrected chi connectivity index (χ0v) is 12.0. The summed E-state index contributed by atoms with van der Waals surface area (Å²) in [4.78, 5) is 9.08. The van der Waals surface area contributed by atoms with Crippen LogP contribution in [0.2, 0.25) is 0 Å². The molecule has 0 bridgehead atoms. The molecule has 1 saturated heterocycles. The second kappa shape index (κ2) is 5.71. The van der Waals surface area contributed by atoms with Crippen molar-refractivity contribution in [2.45, 2.75) is 33.1 Å². The first-order chi connectivity index (χ1) is 9.75. The highest BCUT2D eigenvalue weighted by Crippen LogP contribution is 2.28. The number of hydrogen-bond acceptors (Lipinski definition) is 5. The van der Waals surface area contributed by atoms with Crippen LogP contribution < -0.4 is 5.32 Å². The Labute approximate surface area is 118 Å². The van der Waals surface area contributed by atoms with Gasteiger partial charge in [-0.25, -0.2) is 0 Å². The fourth-order valence-corrected chi connectivity index (χ4v) is 2.92. The van der Waals surface area contributed by atoms with E-state index in [1.165, 1.54) is 12.8 Å². The van der Waals surface area contributed by atoms with Crippen molar-refractivity contribution in [3.63, 3.8) is 0 Å². The van der Waals surface area contributed by atoms with Crippen molar-refractivity contribution in [2.75, 3.05) is 13.1 Å². The van der Waals surface area contributed by atoms with E-state index >= 15 is 0 Å². The second-order valence-corrected chi connectivity index (χ2v) is 5.47. The van der Waals surface area contributed by atoms with Crippen LogP contribution >= 0.6 is 0 Å². The van der Waals surface area contributed by atoms with Crippen LogP contribution in [-0.4, -0.2) is 28.2 Å². The number of nitrogens with zero attached hydrogens (tertiary/aromatic N) is 3. The van der Waals surface area contributed by atoms with Crippen LogP contribution in [0.4, 0.5) is 0 Å². The van der Waals surface area contributed by atoms with Crippen molar-refractivity contribution in [1.82, 2.24) is 20.4 Å². The summed E-state index contributed by atoms with van der Waals surface area (Å²) in [5.74, 6) is 1.45. The first kappa shape index (κ1) is 13.2. The fourth-order valence-electron chi connectivity index (χ4n) is 2.92. The van der Waals surface area contributed by atoms with E-state index < -0.39 is 0 Å². The average molecular weight is 272 g/mol. The number of aryl methyl sites for hydroxylation is 2. The summed E-state index contributed by atoms with van der Waals surface area (Å²) in [6, 6.07) is 0. The first-order valence-electron chi connectivity index (χ1n) is 7.19. The summed E-state index contributed by atoms with van der Waals surface area (Å²) < 4.78 is 5.26. The van der Waals surface area contributed by atoms with Crippen molar-refractivity contribution < 1.29 is 4.52 Å². The molecule has 2 aromatic heterocycles. The molecule has 1 atom stereocenters. The third-order valence-corrected chi connectivity index (χ3v) is 3.93. The van der Waals surface area contributed by atoms with E-state index in [1.54, 1.807) is 12.4 Å². The van der Waals surface area contributed by atoms with Gasteiger partial charge in [-0.05, 0) is 52.1 Å². The zero-order valence-electron chi connectivity index (χ0n) is 12.0. The van der Waals surface area contributed by atoms with E-state index in [4.69, 9.17) is 4.52 Å². The third kappa shape index (κ3) is 2.58. The van der Waals surface area contributed by atoms with Crippen LogP contribution in [0.5, 0.6) is 0 Å². The molecule has 0 aromatic carbocycles. The van der Waals surface area contributed by atoms with Gasteiger partial charge in [0.05, 0.1) is 22.6 Å². The highest BCUT2D eigenvalue weighted by atomic mass is 16.5. The van der Waals surface area contributed by atoms with Crippen molar-refractivity contribution in [2.24, 2.45) is 5.92 Å². The van der Waals surface area contributed by atoms with E-state index in [9.17, 15) is 0 Å². The topological polar surface area (TPSA) is 63.8 Å². The molecule has 2 aromatic rings. The Morgan fingerprint density at radius 1 is 1.30 bits per heavy atom. The molecular weight excluding hydrogens is 252 g/mol. The van der Waals surface area contributed by atoms with Gasteiger partial charge in [0.2, 0.25) is 0 Å². The lowest BCUT2D eigenvalue weighted by atomic mass is 9.92. The number of rotatable bonds is 3. The summed E-state index contributed by atoms with van der Waals surface area (Å²) in [6.45, 7) is 6.08. The van der Waals surface area contributed by atoms with Crippen LogP contribution in [-0.2, 0) is 6.42 Å². The molecule has 3 rings (SSSR count). The molecule has 0 saturated carbocycles. The molecule has 106 valence electrons. The Bertz CT molecular complexity index is 568. The van der Waals surface area contributed by atoms with E-state index in [1.807, 2.05) is 13.8 Å². The van der Waals surface area contributed by atoms with Crippen LogP contribution in [0, 0.1) is 19.8 Å². The Kier molecular flexibility index (Phi) is 3.78. The molecule has 0 radical (unpaired) electrons. The Morgan fingerprint density at radius 2 is 2.15 bits per heavy atom. The Hall–Kier alpha value is -1.75. The van der Waals surface area contributed by atoms with Crippen molar-refractivity contribution >= 4 is 0 Å². The Morgan fingerprint density at radius 3 is 2.85 bits per heavy atom. The monoisotopic (exact) mass is 272 g/mol. The molecule has 0 amide bonds. The lowest BCUT2D eigenvalue weighted by Gasteiger charge is -2.22. The van der Waals surface area contributed by atoms with E-state index in [-0.39, 0.29) is 0 Å². The van der Waals surface area contributed by atoms with Gasteiger partial charge >= 0.3 is 0 Å². The van der Waals surface area contributed by atoms with Crippen LogP contribution in [0.15, 0.2) is 16.9 Å². The molecule has 0 spiro atoms. The van der Waals surface area contributed by atoms with Gasteiger partial charge in [-0.15, -0.1) is 0 Å². The van der Waals surface area contributed by atoms with Gasteiger partial charge < -0.3 is 9.84 Å². The number of aromatic nitrogens is 3. The van der Waals surface area contributed by atoms with Gasteiger partial charge in [0.25, 0.3) is 0 Å². The minimum absolute atomic E-state index is 0.639. The van der Waals surface area contributed by atoms with Crippen molar-refractivity contribution in [3.05, 3.63) is 29.5 Å². The largest absolute Gasteiger partial charge is 0.361 e. The van der Waals surface area contributed by atoms with Gasteiger partial charge in [0.1, 0.15) is 5.76 Å². The van der Waals surface area contributed by atoms with Crippen LogP contribution in [0.25, 0.3) is 11.3 Å². The molecule has 1 aliphatic heterocycles. The van der Waals surface area contributed by atoms with Crippen LogP contribution in [0.1, 0.15) is 30.0 Å². The summed E-state index contributed by atoms with van der Waals surface area (Å²) in [5.41, 5.74) is 3.85. The van der Waals surface area contributed by atoms with Gasteiger partial charge in [-0.1, -0.05) is 5.16 Å². The fraction of sp³-hybridized carbons (Fsp3) is 0.533. The standard InChI is InChI=1S/C15H20N4O/c1-10-14(11(2)20-19-10)15-13(17-6-7-18-15)8-12-4-3-5-16-9-12/h6-7,12,16H,3-5,8-9H2,1-2H3/t12-/m0/s1. The first-order valence-corrected chi connectivity index (χ1v) is 7.19. The third-order valence-electron chi connectivity index (χ3n) is 3.93. The minimum Gasteiger partial charge on any atom is -0.361 e. The van der Waals surface area contributed by atoms with E-state index in [2.05, 4.69) is 20.4 Å². The predicted molar refractivity (Wildman–Crippen MR) is 76.3 cm³/mol. The normalized spacial score (nSPS) is 19.2. The highest BCUT2D eigenvalue weighted by Gasteiger charge is 2.21. The van der Waals surface area contributed by atoms with Gasteiger partial charge in [-0.3, -0.25) is 9.97 Å². The maximum atomic E-state index is 5.26. The maximum absolute atomic E-state index is 5.26. The Balaban J connectivity index is 1.92. The predicted octanol–water partition coefficient (Wildman–Crippen LogP) is 2.29. The van der Waals surface area contributed by atoms with Crippen molar-refractivity contribution in [1.29, 1.82) is 0 Å². The smallest absolute Gasteiger partial charge is 0.143 e. The van der Waals surface area contributed by atoms with Crippen molar-refractivity contribution in [3.8, 4) is 11.3 Å². The van der Waals surface area contributed by atoms with Gasteiger partial charge in [-0.2, -0.15) is 0 Å².